The molecule has 170 valence electrons. The molecule has 0 fully saturated rings. The molecule has 2 aromatic carbocycles. The molecule has 3 rings (SSSR count). The lowest BCUT2D eigenvalue weighted by molar-refractivity contribution is -0.137. The first-order valence-electron chi connectivity index (χ1n) is 11.0. The number of carbonyl (C=O) groups excluding carboxylic acids is 2. The van der Waals surface area contributed by atoms with Crippen molar-refractivity contribution in [1.29, 1.82) is 0 Å². The Kier molecular flexibility index (Phi) is 7.87. The van der Waals surface area contributed by atoms with Gasteiger partial charge in [-0.2, -0.15) is 0 Å². The van der Waals surface area contributed by atoms with E-state index in [4.69, 9.17) is 9.84 Å². The second kappa shape index (κ2) is 10.8. The van der Waals surface area contributed by atoms with Gasteiger partial charge in [0.1, 0.15) is 6.61 Å². The van der Waals surface area contributed by atoms with Crippen molar-refractivity contribution < 1.29 is 24.2 Å². The van der Waals surface area contributed by atoms with Gasteiger partial charge in [-0.05, 0) is 42.0 Å². The zero-order chi connectivity index (χ0) is 23.1. The van der Waals surface area contributed by atoms with Crippen molar-refractivity contribution in [3.8, 4) is 11.1 Å². The van der Waals surface area contributed by atoms with E-state index in [2.05, 4.69) is 34.9 Å². The quantitative estimate of drug-likeness (QED) is 0.488. The van der Waals surface area contributed by atoms with E-state index in [1.807, 2.05) is 24.3 Å². The van der Waals surface area contributed by atoms with Crippen molar-refractivity contribution in [2.75, 3.05) is 13.2 Å². The second-order valence-electron chi connectivity index (χ2n) is 8.30. The Hall–Kier alpha value is -3.35. The molecule has 2 aromatic rings. The SMILES string of the molecule is CC(CCCNC(=O)OCC1c2ccccc2-c2ccccc21)C(=O)N[C@H](C)CC(=O)O. The molecular weight excluding hydrogens is 408 g/mol. The normalized spacial score (nSPS) is 14.1. The lowest BCUT2D eigenvalue weighted by atomic mass is 9.98. The lowest BCUT2D eigenvalue weighted by Crippen LogP contribution is -2.37. The van der Waals surface area contributed by atoms with Crippen LogP contribution in [0.2, 0.25) is 0 Å². The van der Waals surface area contributed by atoms with E-state index in [-0.39, 0.29) is 30.8 Å². The van der Waals surface area contributed by atoms with Gasteiger partial charge in [-0.15, -0.1) is 0 Å². The number of carboxylic acids is 1. The highest BCUT2D eigenvalue weighted by molar-refractivity contribution is 5.80. The fourth-order valence-electron chi connectivity index (χ4n) is 4.08. The molecule has 7 nitrogen and oxygen atoms in total. The van der Waals surface area contributed by atoms with Crippen molar-refractivity contribution in [3.63, 3.8) is 0 Å². The van der Waals surface area contributed by atoms with Crippen LogP contribution in [0.15, 0.2) is 48.5 Å². The molecule has 0 aromatic heterocycles. The van der Waals surface area contributed by atoms with Crippen LogP contribution >= 0.6 is 0 Å². The summed E-state index contributed by atoms with van der Waals surface area (Å²) in [5.74, 6) is -1.38. The van der Waals surface area contributed by atoms with Crippen molar-refractivity contribution in [2.24, 2.45) is 5.92 Å². The van der Waals surface area contributed by atoms with E-state index in [1.165, 1.54) is 22.3 Å². The van der Waals surface area contributed by atoms with Crippen LogP contribution < -0.4 is 10.6 Å². The van der Waals surface area contributed by atoms with Crippen LogP contribution in [0.5, 0.6) is 0 Å². The summed E-state index contributed by atoms with van der Waals surface area (Å²) in [7, 11) is 0. The van der Waals surface area contributed by atoms with Gasteiger partial charge >= 0.3 is 12.1 Å². The largest absolute Gasteiger partial charge is 0.481 e. The molecule has 0 spiro atoms. The fraction of sp³-hybridized carbons (Fsp3) is 0.400. The number of benzene rings is 2. The van der Waals surface area contributed by atoms with Gasteiger partial charge in [-0.1, -0.05) is 55.5 Å². The smallest absolute Gasteiger partial charge is 0.407 e. The van der Waals surface area contributed by atoms with Crippen LogP contribution in [0.3, 0.4) is 0 Å². The number of carboxylic acid groups (broad SMARTS) is 1. The molecule has 2 amide bonds. The van der Waals surface area contributed by atoms with Crippen molar-refractivity contribution in [1.82, 2.24) is 10.6 Å². The third-order valence-corrected chi connectivity index (χ3v) is 5.74. The van der Waals surface area contributed by atoms with Crippen LogP contribution in [0.4, 0.5) is 4.79 Å². The van der Waals surface area contributed by atoms with Crippen molar-refractivity contribution in [3.05, 3.63) is 59.7 Å². The molecule has 0 heterocycles. The maximum absolute atomic E-state index is 12.2. The van der Waals surface area contributed by atoms with Crippen LogP contribution in [-0.2, 0) is 14.3 Å². The molecule has 1 unspecified atom stereocenters. The standard InChI is InChI=1S/C25H30N2O5/c1-16(24(30)27-17(2)14-23(28)29)8-7-13-26-25(31)32-15-22-20-11-5-3-9-18(20)19-10-4-6-12-21(19)22/h3-6,9-12,16-17,22H,7-8,13-15H2,1-2H3,(H,26,31)(H,27,30)(H,28,29)/t16?,17-/m1/s1. The minimum atomic E-state index is -0.947. The van der Waals surface area contributed by atoms with E-state index in [0.717, 1.165) is 0 Å². The van der Waals surface area contributed by atoms with Crippen molar-refractivity contribution >= 4 is 18.0 Å². The summed E-state index contributed by atoms with van der Waals surface area (Å²) in [6.45, 7) is 4.12. The molecule has 0 radical (unpaired) electrons. The van der Waals surface area contributed by atoms with Gasteiger partial charge in [-0.25, -0.2) is 4.79 Å². The van der Waals surface area contributed by atoms with Gasteiger partial charge in [0.15, 0.2) is 0 Å². The Balaban J connectivity index is 1.40. The summed E-state index contributed by atoms with van der Waals surface area (Å²) in [5, 5.41) is 14.2. The van der Waals surface area contributed by atoms with E-state index >= 15 is 0 Å². The number of hydrogen-bond acceptors (Lipinski definition) is 4. The first-order valence-corrected chi connectivity index (χ1v) is 11.0. The minimum Gasteiger partial charge on any atom is -0.481 e. The summed E-state index contributed by atoms with van der Waals surface area (Å²) in [4.78, 5) is 35.0. The Morgan fingerprint density at radius 3 is 2.19 bits per heavy atom. The number of nitrogens with one attached hydrogen (secondary N) is 2. The highest BCUT2D eigenvalue weighted by Crippen LogP contribution is 2.44. The Morgan fingerprint density at radius 2 is 1.59 bits per heavy atom. The third-order valence-electron chi connectivity index (χ3n) is 5.74. The molecule has 2 atom stereocenters. The van der Waals surface area contributed by atoms with Gasteiger partial charge < -0.3 is 20.5 Å². The van der Waals surface area contributed by atoms with Gasteiger partial charge in [0.2, 0.25) is 5.91 Å². The van der Waals surface area contributed by atoms with Crippen molar-refractivity contribution in [2.45, 2.75) is 45.1 Å². The Bertz CT molecular complexity index is 929. The van der Waals surface area contributed by atoms with E-state index < -0.39 is 18.1 Å². The maximum Gasteiger partial charge on any atom is 0.407 e. The summed E-state index contributed by atoms with van der Waals surface area (Å²) in [6, 6.07) is 15.9. The molecule has 3 N–H and O–H groups in total. The monoisotopic (exact) mass is 438 g/mol. The number of amides is 2. The molecular formula is C25H30N2O5. The maximum atomic E-state index is 12.2. The number of hydrogen-bond donors (Lipinski definition) is 3. The molecule has 1 aliphatic rings. The lowest BCUT2D eigenvalue weighted by Gasteiger charge is -2.17. The molecule has 0 saturated heterocycles. The van der Waals surface area contributed by atoms with Crippen LogP contribution in [0.1, 0.15) is 50.2 Å². The fourth-order valence-corrected chi connectivity index (χ4v) is 4.08. The number of alkyl carbamates (subject to hydrolysis) is 1. The highest BCUT2D eigenvalue weighted by Gasteiger charge is 2.29. The van der Waals surface area contributed by atoms with E-state index in [9.17, 15) is 14.4 Å². The van der Waals surface area contributed by atoms with E-state index in [0.29, 0.717) is 19.4 Å². The molecule has 7 heteroatoms. The van der Waals surface area contributed by atoms with Crippen LogP contribution in [-0.4, -0.2) is 42.3 Å². The number of rotatable bonds is 10. The number of carbonyl (C=O) groups is 3. The summed E-state index contributed by atoms with van der Waals surface area (Å²) >= 11 is 0. The van der Waals surface area contributed by atoms with Crippen LogP contribution in [0.25, 0.3) is 11.1 Å². The first kappa shape index (κ1) is 23.3. The predicted molar refractivity (Wildman–Crippen MR) is 121 cm³/mol. The molecule has 0 saturated carbocycles. The summed E-state index contributed by atoms with van der Waals surface area (Å²) in [6.07, 6.45) is 0.613. The molecule has 0 aliphatic heterocycles. The summed E-state index contributed by atoms with van der Waals surface area (Å²) in [5.41, 5.74) is 4.70. The van der Waals surface area contributed by atoms with Gasteiger partial charge in [0.25, 0.3) is 0 Å². The second-order valence-corrected chi connectivity index (χ2v) is 8.30. The minimum absolute atomic E-state index is 0.0182. The number of fused-ring (bicyclic) bond motifs is 3. The van der Waals surface area contributed by atoms with Gasteiger partial charge in [-0.3, -0.25) is 9.59 Å². The van der Waals surface area contributed by atoms with Gasteiger partial charge in [0, 0.05) is 24.4 Å². The summed E-state index contributed by atoms with van der Waals surface area (Å²) < 4.78 is 5.50. The molecule has 32 heavy (non-hydrogen) atoms. The highest BCUT2D eigenvalue weighted by atomic mass is 16.5. The van der Waals surface area contributed by atoms with E-state index in [1.54, 1.807) is 13.8 Å². The number of ether oxygens (including phenoxy) is 1. The average Bonchev–Trinajstić information content (AvgIpc) is 3.08. The average molecular weight is 439 g/mol. The molecule has 1 aliphatic carbocycles. The Morgan fingerprint density at radius 1 is 1.00 bits per heavy atom. The Labute approximate surface area is 188 Å². The third kappa shape index (κ3) is 5.87. The first-order chi connectivity index (χ1) is 15.4. The predicted octanol–water partition coefficient (Wildman–Crippen LogP) is 3.92. The zero-order valence-corrected chi connectivity index (χ0v) is 18.5. The van der Waals surface area contributed by atoms with Crippen LogP contribution in [0, 0.1) is 5.92 Å². The zero-order valence-electron chi connectivity index (χ0n) is 18.5. The van der Waals surface area contributed by atoms with Gasteiger partial charge in [0.05, 0.1) is 6.42 Å². The molecule has 0 bridgehead atoms. The number of aliphatic carboxylic acids is 1. The topological polar surface area (TPSA) is 105 Å².